The van der Waals surface area contributed by atoms with E-state index in [1.807, 2.05) is 0 Å². The van der Waals surface area contributed by atoms with Crippen LogP contribution in [0.3, 0.4) is 0 Å². The molecule has 0 saturated heterocycles. The summed E-state index contributed by atoms with van der Waals surface area (Å²) in [5.74, 6) is -0.816. The molecule has 9 heteroatoms. The molecule has 24 heavy (non-hydrogen) atoms. The van der Waals surface area contributed by atoms with Crippen molar-refractivity contribution in [3.63, 3.8) is 0 Å². The number of anilines is 1. The van der Waals surface area contributed by atoms with Gasteiger partial charge in [0, 0.05) is 5.56 Å². The summed E-state index contributed by atoms with van der Waals surface area (Å²) in [6, 6.07) is 8.72. The molecule has 1 amide bonds. The fraction of sp³-hybridized carbons (Fsp3) is 0.133. The van der Waals surface area contributed by atoms with Crippen molar-refractivity contribution in [3.8, 4) is 0 Å². The van der Waals surface area contributed by atoms with Crippen LogP contribution < -0.4 is 10.5 Å². The summed E-state index contributed by atoms with van der Waals surface area (Å²) in [5.41, 5.74) is 5.08. The molecule has 0 aliphatic rings. The van der Waals surface area contributed by atoms with E-state index in [-0.39, 0.29) is 22.4 Å². The van der Waals surface area contributed by atoms with Crippen LogP contribution in [-0.2, 0) is 10.0 Å². The molecule has 0 saturated carbocycles. The van der Waals surface area contributed by atoms with Gasteiger partial charge in [0.15, 0.2) is 4.90 Å². The maximum Gasteiger partial charge on any atom is 0.293 e. The second-order valence-electron chi connectivity index (χ2n) is 5.15. The summed E-state index contributed by atoms with van der Waals surface area (Å²) in [6.45, 7) is 2.91. The number of nitro benzene ring substituents is 1. The zero-order valence-electron chi connectivity index (χ0n) is 12.9. The Bertz CT molecular complexity index is 938. The minimum atomic E-state index is -4.30. The van der Waals surface area contributed by atoms with E-state index in [4.69, 9.17) is 5.73 Å². The molecular weight excluding hydrogens is 334 g/mol. The van der Waals surface area contributed by atoms with E-state index in [9.17, 15) is 23.3 Å². The molecule has 2 aromatic rings. The van der Waals surface area contributed by atoms with E-state index in [0.29, 0.717) is 0 Å². The number of hydrogen-bond acceptors (Lipinski definition) is 5. The Morgan fingerprint density at radius 1 is 1.12 bits per heavy atom. The second-order valence-corrected chi connectivity index (χ2v) is 6.77. The maximum atomic E-state index is 12.7. The van der Waals surface area contributed by atoms with Crippen molar-refractivity contribution in [2.75, 3.05) is 4.72 Å². The zero-order valence-corrected chi connectivity index (χ0v) is 13.8. The normalized spacial score (nSPS) is 11.1. The van der Waals surface area contributed by atoms with Gasteiger partial charge in [-0.2, -0.15) is 0 Å². The lowest BCUT2D eigenvalue weighted by Crippen LogP contribution is -2.20. The van der Waals surface area contributed by atoms with Crippen LogP contribution in [-0.4, -0.2) is 19.2 Å². The Morgan fingerprint density at radius 2 is 1.71 bits per heavy atom. The molecule has 0 fully saturated rings. The largest absolute Gasteiger partial charge is 0.366 e. The highest BCUT2D eigenvalue weighted by Crippen LogP contribution is 2.32. The number of rotatable bonds is 5. The number of aryl methyl sites for hydroxylation is 2. The third-order valence-corrected chi connectivity index (χ3v) is 4.96. The number of primary amides is 1. The minimum Gasteiger partial charge on any atom is -0.366 e. The quantitative estimate of drug-likeness (QED) is 0.630. The number of para-hydroxylation sites is 1. The van der Waals surface area contributed by atoms with E-state index in [1.54, 1.807) is 0 Å². The molecule has 0 radical (unpaired) electrons. The summed E-state index contributed by atoms with van der Waals surface area (Å²) in [5, 5.41) is 11.3. The van der Waals surface area contributed by atoms with E-state index in [2.05, 4.69) is 4.72 Å². The van der Waals surface area contributed by atoms with Crippen molar-refractivity contribution in [3.05, 3.63) is 63.2 Å². The Balaban J connectivity index is 2.64. The first kappa shape index (κ1) is 17.4. The predicted octanol–water partition coefficient (Wildman–Crippen LogP) is 2.11. The highest BCUT2D eigenvalue weighted by Gasteiger charge is 2.30. The van der Waals surface area contributed by atoms with Gasteiger partial charge in [0.1, 0.15) is 0 Å². The molecule has 0 aliphatic carbocycles. The smallest absolute Gasteiger partial charge is 0.293 e. The van der Waals surface area contributed by atoms with Crippen molar-refractivity contribution < 1.29 is 18.1 Å². The highest BCUT2D eigenvalue weighted by atomic mass is 32.2. The van der Waals surface area contributed by atoms with Crippen LogP contribution in [0, 0.1) is 24.0 Å². The number of sulfonamides is 1. The van der Waals surface area contributed by atoms with Crippen LogP contribution in [0.5, 0.6) is 0 Å². The van der Waals surface area contributed by atoms with E-state index >= 15 is 0 Å². The fourth-order valence-electron chi connectivity index (χ4n) is 2.32. The van der Waals surface area contributed by atoms with Crippen LogP contribution in [0.15, 0.2) is 41.3 Å². The van der Waals surface area contributed by atoms with Gasteiger partial charge in [-0.3, -0.25) is 19.6 Å². The molecule has 0 spiro atoms. The zero-order chi connectivity index (χ0) is 18.1. The summed E-state index contributed by atoms with van der Waals surface area (Å²) in [4.78, 5) is 21.6. The molecular formula is C15H15N3O5S. The first-order chi connectivity index (χ1) is 11.1. The lowest BCUT2D eigenvalue weighted by Gasteiger charge is -2.13. The predicted molar refractivity (Wildman–Crippen MR) is 88.3 cm³/mol. The number of benzene rings is 2. The summed E-state index contributed by atoms with van der Waals surface area (Å²) >= 11 is 0. The second kappa shape index (κ2) is 6.28. The molecule has 2 rings (SSSR count). The van der Waals surface area contributed by atoms with Crippen LogP contribution in [0.25, 0.3) is 0 Å². The summed E-state index contributed by atoms with van der Waals surface area (Å²) in [7, 11) is -4.30. The highest BCUT2D eigenvalue weighted by molar-refractivity contribution is 7.93. The average Bonchev–Trinajstić information content (AvgIpc) is 2.48. The van der Waals surface area contributed by atoms with E-state index < -0.39 is 31.4 Å². The summed E-state index contributed by atoms with van der Waals surface area (Å²) in [6.07, 6.45) is 0. The first-order valence-electron chi connectivity index (χ1n) is 6.81. The number of nitrogens with one attached hydrogen (secondary N) is 1. The monoisotopic (exact) mass is 349 g/mol. The minimum absolute atomic E-state index is 0.0333. The van der Waals surface area contributed by atoms with Gasteiger partial charge in [-0.15, -0.1) is 0 Å². The van der Waals surface area contributed by atoms with Crippen LogP contribution in [0.4, 0.5) is 11.4 Å². The number of carbonyl (C=O) groups excluding carboxylic acids is 1. The van der Waals surface area contributed by atoms with Crippen LogP contribution in [0.2, 0.25) is 0 Å². The molecule has 0 aliphatic heterocycles. The number of nitro groups is 1. The lowest BCUT2D eigenvalue weighted by molar-refractivity contribution is -0.388. The van der Waals surface area contributed by atoms with Crippen molar-refractivity contribution in [2.24, 2.45) is 5.73 Å². The third-order valence-electron chi connectivity index (χ3n) is 3.42. The Hall–Kier alpha value is -2.94. The standard InChI is InChI=1S/C15H15N3O5S/c1-9-7-8-10(2)14(13(9)18(20)21)24(22,23)17-12-6-4-3-5-11(12)15(16)19/h3-8,17H,1-2H3,(H2,16,19). The molecule has 0 unspecified atom stereocenters. The van der Waals surface area contributed by atoms with Crippen molar-refractivity contribution in [1.82, 2.24) is 0 Å². The number of hydrogen-bond donors (Lipinski definition) is 2. The average molecular weight is 349 g/mol. The van der Waals surface area contributed by atoms with Gasteiger partial charge in [-0.25, -0.2) is 8.42 Å². The van der Waals surface area contributed by atoms with Crippen molar-refractivity contribution >= 4 is 27.3 Å². The number of carbonyl (C=O) groups is 1. The van der Waals surface area contributed by atoms with Gasteiger partial charge >= 0.3 is 0 Å². The van der Waals surface area contributed by atoms with E-state index in [1.165, 1.54) is 50.2 Å². The van der Waals surface area contributed by atoms with Gasteiger partial charge < -0.3 is 5.73 Å². The Kier molecular flexibility index (Phi) is 4.56. The Labute approximate surface area is 138 Å². The molecule has 126 valence electrons. The van der Waals surface area contributed by atoms with Crippen LogP contribution >= 0.6 is 0 Å². The van der Waals surface area contributed by atoms with Gasteiger partial charge in [0.05, 0.1) is 16.2 Å². The van der Waals surface area contributed by atoms with E-state index in [0.717, 1.165) is 0 Å². The maximum absolute atomic E-state index is 12.7. The summed E-state index contributed by atoms with van der Waals surface area (Å²) < 4.78 is 27.6. The topological polar surface area (TPSA) is 132 Å². The number of amides is 1. The van der Waals surface area contributed by atoms with Crippen molar-refractivity contribution in [2.45, 2.75) is 18.7 Å². The van der Waals surface area contributed by atoms with Gasteiger partial charge in [-0.05, 0) is 31.5 Å². The molecule has 2 aromatic carbocycles. The lowest BCUT2D eigenvalue weighted by atomic mass is 10.1. The van der Waals surface area contributed by atoms with Crippen molar-refractivity contribution in [1.29, 1.82) is 0 Å². The number of nitrogens with two attached hydrogens (primary N) is 1. The molecule has 8 nitrogen and oxygen atoms in total. The van der Waals surface area contributed by atoms with Crippen LogP contribution in [0.1, 0.15) is 21.5 Å². The molecule has 0 aromatic heterocycles. The molecule has 0 atom stereocenters. The van der Waals surface area contributed by atoms with Gasteiger partial charge in [0.2, 0.25) is 0 Å². The van der Waals surface area contributed by atoms with Gasteiger partial charge in [0.25, 0.3) is 21.6 Å². The first-order valence-corrected chi connectivity index (χ1v) is 8.29. The Morgan fingerprint density at radius 3 is 2.29 bits per heavy atom. The molecule has 0 heterocycles. The SMILES string of the molecule is Cc1ccc(C)c(S(=O)(=O)Nc2ccccc2C(N)=O)c1[N+](=O)[O-]. The fourth-order valence-corrected chi connectivity index (χ4v) is 3.87. The molecule has 3 N–H and O–H groups in total. The van der Waals surface area contributed by atoms with Gasteiger partial charge in [-0.1, -0.05) is 24.3 Å². The third kappa shape index (κ3) is 3.20. The molecule has 0 bridgehead atoms. The number of nitrogens with zero attached hydrogens (tertiary/aromatic N) is 1.